The highest BCUT2D eigenvalue weighted by molar-refractivity contribution is 8.31. The summed E-state index contributed by atoms with van der Waals surface area (Å²) in [4.78, 5) is 30.9. The zero-order valence-corrected chi connectivity index (χ0v) is 20.5. The fourth-order valence-electron chi connectivity index (χ4n) is 4.50. The van der Waals surface area contributed by atoms with Crippen LogP contribution in [0.5, 0.6) is 0 Å². The van der Waals surface area contributed by atoms with Crippen molar-refractivity contribution in [3.05, 3.63) is 79.7 Å². The van der Waals surface area contributed by atoms with E-state index < -0.39 is 0 Å². The minimum atomic E-state index is -0.331. The van der Waals surface area contributed by atoms with Crippen molar-refractivity contribution in [1.29, 1.82) is 0 Å². The van der Waals surface area contributed by atoms with Crippen LogP contribution in [-0.4, -0.2) is 21.8 Å². The van der Waals surface area contributed by atoms with E-state index in [1.165, 1.54) is 33.6 Å². The number of hydrogen-bond acceptors (Lipinski definition) is 6. The first-order chi connectivity index (χ1) is 15.2. The minimum Gasteiger partial charge on any atom is -0.346 e. The van der Waals surface area contributed by atoms with Gasteiger partial charge in [-0.2, -0.15) is 0 Å². The summed E-state index contributed by atoms with van der Waals surface area (Å²) in [6, 6.07) is 17.6. The topological polar surface area (TPSA) is 45.5 Å². The quantitative estimate of drug-likeness (QED) is 0.502. The second kappa shape index (κ2) is 7.43. The maximum absolute atomic E-state index is 13.4. The van der Waals surface area contributed by atoms with Gasteiger partial charge in [0.1, 0.15) is 14.1 Å². The van der Waals surface area contributed by atoms with Crippen molar-refractivity contribution < 1.29 is 4.79 Å². The predicted octanol–water partition coefficient (Wildman–Crippen LogP) is 3.16. The molecule has 162 valence electrons. The number of aromatic nitrogens is 1. The largest absolute Gasteiger partial charge is 0.346 e. The van der Waals surface area contributed by atoms with Crippen LogP contribution in [0.15, 0.2) is 59.4 Å². The van der Waals surface area contributed by atoms with Crippen LogP contribution in [0.25, 0.3) is 10.6 Å². The van der Waals surface area contributed by atoms with Gasteiger partial charge in [-0.3, -0.25) is 14.5 Å². The predicted molar refractivity (Wildman–Crippen MR) is 138 cm³/mol. The number of likely N-dealkylation sites (N-methyl/N-ethyl adjacent to an activating group) is 1. The molecule has 0 saturated carbocycles. The van der Waals surface area contributed by atoms with E-state index in [0.717, 1.165) is 17.1 Å². The molecule has 0 bridgehead atoms. The average molecular weight is 480 g/mol. The molecule has 0 N–H and O–H groups in total. The highest BCUT2D eigenvalue weighted by Gasteiger charge is 2.40. The molecule has 1 amide bonds. The third-order valence-corrected chi connectivity index (χ3v) is 8.80. The van der Waals surface area contributed by atoms with Gasteiger partial charge in [0, 0.05) is 25.2 Å². The van der Waals surface area contributed by atoms with E-state index in [2.05, 4.69) is 30.9 Å². The molecule has 8 heteroatoms. The summed E-state index contributed by atoms with van der Waals surface area (Å²) >= 11 is 8.14. The van der Waals surface area contributed by atoms with Crippen molar-refractivity contribution >= 4 is 67.5 Å². The monoisotopic (exact) mass is 479 g/mol. The van der Waals surface area contributed by atoms with E-state index in [9.17, 15) is 9.59 Å². The Labute approximate surface area is 199 Å². The normalized spacial score (nSPS) is 20.9. The van der Waals surface area contributed by atoms with Gasteiger partial charge in [0.25, 0.3) is 11.5 Å². The van der Waals surface area contributed by atoms with Crippen molar-refractivity contribution in [2.45, 2.75) is 19.3 Å². The molecule has 0 aliphatic carbocycles. The van der Waals surface area contributed by atoms with E-state index in [1.807, 2.05) is 49.5 Å². The fourth-order valence-corrected chi connectivity index (χ4v) is 7.35. The summed E-state index contributed by atoms with van der Waals surface area (Å²) in [7, 11) is 3.72. The summed E-state index contributed by atoms with van der Waals surface area (Å²) < 4.78 is 3.33. The van der Waals surface area contributed by atoms with Gasteiger partial charge in [0.15, 0.2) is 4.32 Å². The number of anilines is 2. The zero-order valence-electron chi connectivity index (χ0n) is 18.1. The number of thiazole rings is 1. The number of benzene rings is 2. The van der Waals surface area contributed by atoms with E-state index in [0.29, 0.717) is 18.4 Å². The molecular formula is C24H21N3O2S3. The lowest BCUT2D eigenvalue weighted by atomic mass is 9.84. The molecule has 2 aliphatic heterocycles. The highest BCUT2D eigenvalue weighted by atomic mass is 32.2. The number of amides is 1. The molecule has 0 atom stereocenters. The molecule has 1 saturated heterocycles. The second-order valence-corrected chi connectivity index (χ2v) is 11.0. The summed E-state index contributed by atoms with van der Waals surface area (Å²) in [6.07, 6.45) is 0. The number of thioether (sulfide) groups is 1. The van der Waals surface area contributed by atoms with Gasteiger partial charge in [0.05, 0.1) is 11.4 Å². The van der Waals surface area contributed by atoms with Gasteiger partial charge in [-0.1, -0.05) is 74.2 Å². The first-order valence-electron chi connectivity index (χ1n) is 10.1. The van der Waals surface area contributed by atoms with E-state index in [-0.39, 0.29) is 16.9 Å². The third-order valence-electron chi connectivity index (χ3n) is 6.06. The van der Waals surface area contributed by atoms with Crippen LogP contribution in [0.1, 0.15) is 19.4 Å². The number of nitrogens with zero attached hydrogens (tertiary/aromatic N) is 3. The standard InChI is InChI=1S/C24H21N3O2S3/c1-24(2)15-12-8-9-13-16(15)25(3)19(24)17-20(28)26(4)22(31-17)18-21(29)27(23(30)32-18)14-10-6-5-7-11-14/h5-13H,1-4H3/b19-17+,22-18-. The molecule has 2 aliphatic rings. The Kier molecular flexibility index (Phi) is 4.92. The molecule has 3 aromatic rings. The van der Waals surface area contributed by atoms with E-state index >= 15 is 0 Å². The van der Waals surface area contributed by atoms with Gasteiger partial charge in [-0.05, 0) is 23.8 Å². The number of rotatable bonds is 1. The van der Waals surface area contributed by atoms with Crippen molar-refractivity contribution in [3.63, 3.8) is 0 Å². The zero-order chi connectivity index (χ0) is 22.8. The summed E-state index contributed by atoms with van der Waals surface area (Å²) in [6.45, 7) is 4.27. The first kappa shape index (κ1) is 21.2. The van der Waals surface area contributed by atoms with Gasteiger partial charge in [-0.25, -0.2) is 0 Å². The van der Waals surface area contributed by atoms with Crippen molar-refractivity contribution in [2.24, 2.45) is 7.05 Å². The van der Waals surface area contributed by atoms with Crippen LogP contribution >= 0.6 is 35.3 Å². The molecule has 0 radical (unpaired) electrons. The van der Waals surface area contributed by atoms with Crippen LogP contribution in [0.3, 0.4) is 0 Å². The van der Waals surface area contributed by atoms with Crippen molar-refractivity contribution in [2.75, 3.05) is 16.8 Å². The van der Waals surface area contributed by atoms with Gasteiger partial charge >= 0.3 is 0 Å². The Morgan fingerprint density at radius 2 is 1.59 bits per heavy atom. The van der Waals surface area contributed by atoms with Crippen molar-refractivity contribution in [1.82, 2.24) is 4.57 Å². The average Bonchev–Trinajstić information content (AvgIpc) is 3.31. The SMILES string of the molecule is CN1/C(=c2/s/c(=C3\SC(=S)N(c4ccccc4)C3=O)n(C)c2=O)C(C)(C)c2ccccc21. The molecule has 32 heavy (non-hydrogen) atoms. The molecule has 0 unspecified atom stereocenters. The van der Waals surface area contributed by atoms with Crippen LogP contribution < -0.4 is 24.6 Å². The number of fused-ring (bicyclic) bond motifs is 1. The molecule has 0 spiro atoms. The molecule has 3 heterocycles. The number of para-hydroxylation sites is 2. The molecule has 5 nitrogen and oxygen atoms in total. The number of thiocarbonyl (C=S) groups is 1. The first-order valence-corrected chi connectivity index (χ1v) is 12.2. The maximum Gasteiger partial charge on any atom is 0.273 e. The molecule has 5 rings (SSSR count). The second-order valence-electron chi connectivity index (χ2n) is 8.32. The Morgan fingerprint density at radius 3 is 2.28 bits per heavy atom. The Hall–Kier alpha value is -2.68. The molecule has 2 aromatic carbocycles. The van der Waals surface area contributed by atoms with Crippen LogP contribution in [-0.2, 0) is 17.3 Å². The Balaban J connectivity index is 1.75. The number of carbonyl (C=O) groups excluding carboxylic acids is 1. The Bertz CT molecular complexity index is 1470. The van der Waals surface area contributed by atoms with E-state index in [1.54, 1.807) is 11.6 Å². The lowest BCUT2D eigenvalue weighted by molar-refractivity contribution is -0.112. The summed E-state index contributed by atoms with van der Waals surface area (Å²) in [5.41, 5.74) is 3.53. The third kappa shape index (κ3) is 2.93. The van der Waals surface area contributed by atoms with Gasteiger partial charge < -0.3 is 9.47 Å². The van der Waals surface area contributed by atoms with E-state index in [4.69, 9.17) is 12.2 Å². The highest BCUT2D eigenvalue weighted by Crippen LogP contribution is 2.47. The summed E-state index contributed by atoms with van der Waals surface area (Å²) in [5, 5.41) is 0. The van der Waals surface area contributed by atoms with Crippen molar-refractivity contribution in [3.8, 4) is 0 Å². The fraction of sp³-hybridized carbons (Fsp3) is 0.208. The lowest BCUT2D eigenvalue weighted by Gasteiger charge is -2.23. The van der Waals surface area contributed by atoms with Gasteiger partial charge in [0.2, 0.25) is 0 Å². The number of hydrogen-bond donors (Lipinski definition) is 0. The summed E-state index contributed by atoms with van der Waals surface area (Å²) in [5.74, 6) is -0.193. The maximum atomic E-state index is 13.4. The van der Waals surface area contributed by atoms with Crippen LogP contribution in [0, 0.1) is 0 Å². The van der Waals surface area contributed by atoms with Crippen LogP contribution in [0.4, 0.5) is 11.4 Å². The molecule has 1 fully saturated rings. The van der Waals surface area contributed by atoms with Crippen LogP contribution in [0.2, 0.25) is 0 Å². The Morgan fingerprint density at radius 1 is 0.938 bits per heavy atom. The lowest BCUT2D eigenvalue weighted by Crippen LogP contribution is -2.37. The number of carbonyl (C=O) groups is 1. The molecular weight excluding hydrogens is 458 g/mol. The molecule has 1 aromatic heterocycles. The van der Waals surface area contributed by atoms with Gasteiger partial charge in [-0.15, -0.1) is 11.3 Å². The minimum absolute atomic E-state index is 0.0993. The smallest absolute Gasteiger partial charge is 0.273 e.